The number of rotatable bonds is 4. The largest absolute Gasteiger partial charge is 0.478 e. The molecule has 0 aliphatic heterocycles. The third kappa shape index (κ3) is 3.41. The molecule has 0 amide bonds. The first-order valence-electron chi connectivity index (χ1n) is 6.23. The minimum Gasteiger partial charge on any atom is -0.478 e. The number of hydrogen-bond acceptors (Lipinski definition) is 3. The average Bonchev–Trinajstić information content (AvgIpc) is 2.41. The Morgan fingerprint density at radius 3 is 2.38 bits per heavy atom. The summed E-state index contributed by atoms with van der Waals surface area (Å²) in [6.45, 7) is 3.73. The van der Waals surface area contributed by atoms with E-state index in [1.54, 1.807) is 12.1 Å². The van der Waals surface area contributed by atoms with Crippen molar-refractivity contribution in [2.24, 2.45) is 0 Å². The van der Waals surface area contributed by atoms with Crippen molar-refractivity contribution in [1.29, 1.82) is 0 Å². The number of nitrogens with one attached hydrogen (secondary N) is 1. The number of sulfonamides is 1. The first kappa shape index (κ1) is 15.1. The number of hydrogen-bond donors (Lipinski definition) is 2. The van der Waals surface area contributed by atoms with Crippen LogP contribution in [-0.4, -0.2) is 19.5 Å². The van der Waals surface area contributed by atoms with Gasteiger partial charge in [0.15, 0.2) is 0 Å². The average molecular weight is 305 g/mol. The van der Waals surface area contributed by atoms with Crippen LogP contribution in [0.3, 0.4) is 0 Å². The molecule has 0 aliphatic carbocycles. The summed E-state index contributed by atoms with van der Waals surface area (Å²) in [5.74, 6) is -1.11. The van der Waals surface area contributed by atoms with Crippen molar-refractivity contribution in [1.82, 2.24) is 0 Å². The molecule has 110 valence electrons. The van der Waals surface area contributed by atoms with Crippen molar-refractivity contribution in [2.45, 2.75) is 18.7 Å². The Hall–Kier alpha value is -2.34. The van der Waals surface area contributed by atoms with E-state index in [9.17, 15) is 13.2 Å². The van der Waals surface area contributed by atoms with Gasteiger partial charge < -0.3 is 5.11 Å². The normalized spacial score (nSPS) is 11.1. The van der Waals surface area contributed by atoms with Crippen molar-refractivity contribution < 1.29 is 18.3 Å². The molecule has 2 aromatic carbocycles. The van der Waals surface area contributed by atoms with Gasteiger partial charge in [0.25, 0.3) is 10.0 Å². The van der Waals surface area contributed by atoms with E-state index in [1.807, 2.05) is 13.8 Å². The zero-order chi connectivity index (χ0) is 15.6. The lowest BCUT2D eigenvalue weighted by atomic mass is 10.1. The zero-order valence-electron chi connectivity index (χ0n) is 11.6. The molecule has 0 spiro atoms. The molecule has 0 aromatic heterocycles. The van der Waals surface area contributed by atoms with E-state index < -0.39 is 16.0 Å². The van der Waals surface area contributed by atoms with Gasteiger partial charge in [0.1, 0.15) is 0 Å². The van der Waals surface area contributed by atoms with E-state index in [-0.39, 0.29) is 16.1 Å². The number of carboxylic acids is 1. The lowest BCUT2D eigenvalue weighted by Gasteiger charge is -2.10. The fraction of sp³-hybridized carbons (Fsp3) is 0.133. The fourth-order valence-electron chi connectivity index (χ4n) is 1.81. The second-order valence-corrected chi connectivity index (χ2v) is 6.42. The summed E-state index contributed by atoms with van der Waals surface area (Å²) in [5, 5.41) is 8.91. The van der Waals surface area contributed by atoms with Crippen LogP contribution in [0.25, 0.3) is 0 Å². The maximum Gasteiger partial charge on any atom is 0.335 e. The van der Waals surface area contributed by atoms with Gasteiger partial charge in [-0.3, -0.25) is 4.72 Å². The predicted octanol–water partition coefficient (Wildman–Crippen LogP) is 2.80. The molecule has 0 heterocycles. The fourth-order valence-corrected chi connectivity index (χ4v) is 2.95. The summed E-state index contributed by atoms with van der Waals surface area (Å²) < 4.78 is 27.0. The molecular weight excluding hydrogens is 290 g/mol. The van der Waals surface area contributed by atoms with Crippen LogP contribution in [0.15, 0.2) is 47.4 Å². The highest BCUT2D eigenvalue weighted by Gasteiger charge is 2.15. The Balaban J connectivity index is 2.35. The first-order valence-corrected chi connectivity index (χ1v) is 7.71. The first-order chi connectivity index (χ1) is 9.79. The van der Waals surface area contributed by atoms with Gasteiger partial charge >= 0.3 is 5.97 Å². The van der Waals surface area contributed by atoms with Crippen LogP contribution in [0.5, 0.6) is 0 Å². The van der Waals surface area contributed by atoms with E-state index in [0.29, 0.717) is 0 Å². The summed E-state index contributed by atoms with van der Waals surface area (Å²) in [7, 11) is -3.74. The molecule has 21 heavy (non-hydrogen) atoms. The Labute approximate surface area is 123 Å². The van der Waals surface area contributed by atoms with E-state index >= 15 is 0 Å². The van der Waals surface area contributed by atoms with Crippen LogP contribution in [0.1, 0.15) is 21.5 Å². The van der Waals surface area contributed by atoms with E-state index in [2.05, 4.69) is 4.72 Å². The Morgan fingerprint density at radius 1 is 1.05 bits per heavy atom. The molecule has 0 bridgehead atoms. The molecule has 0 radical (unpaired) electrons. The summed E-state index contributed by atoms with van der Waals surface area (Å²) in [4.78, 5) is 11.0. The third-order valence-electron chi connectivity index (χ3n) is 3.15. The van der Waals surface area contributed by atoms with Crippen LogP contribution >= 0.6 is 0 Å². The molecule has 0 saturated carbocycles. The topological polar surface area (TPSA) is 83.5 Å². The lowest BCUT2D eigenvalue weighted by Crippen LogP contribution is -2.13. The number of anilines is 1. The summed E-state index contributed by atoms with van der Waals surface area (Å²) >= 11 is 0. The van der Waals surface area contributed by atoms with Gasteiger partial charge in [-0.15, -0.1) is 0 Å². The SMILES string of the molecule is Cc1ccc(S(=O)(=O)Nc2cccc(C(=O)O)c2)cc1C. The maximum atomic E-state index is 12.3. The minimum atomic E-state index is -3.74. The Morgan fingerprint density at radius 2 is 1.76 bits per heavy atom. The molecule has 5 nitrogen and oxygen atoms in total. The number of aryl methyl sites for hydroxylation is 2. The molecule has 0 atom stereocenters. The van der Waals surface area contributed by atoms with Crippen molar-refractivity contribution in [2.75, 3.05) is 4.72 Å². The van der Waals surface area contributed by atoms with Crippen LogP contribution in [0.4, 0.5) is 5.69 Å². The minimum absolute atomic E-state index is 0.0234. The van der Waals surface area contributed by atoms with Gasteiger partial charge in [-0.25, -0.2) is 13.2 Å². The number of carboxylic acid groups (broad SMARTS) is 1. The lowest BCUT2D eigenvalue weighted by molar-refractivity contribution is 0.0697. The smallest absolute Gasteiger partial charge is 0.335 e. The van der Waals surface area contributed by atoms with Crippen LogP contribution in [0, 0.1) is 13.8 Å². The maximum absolute atomic E-state index is 12.3. The van der Waals surface area contributed by atoms with Gasteiger partial charge in [-0.2, -0.15) is 0 Å². The highest BCUT2D eigenvalue weighted by atomic mass is 32.2. The van der Waals surface area contributed by atoms with Gasteiger partial charge in [-0.05, 0) is 55.3 Å². The van der Waals surface area contributed by atoms with Crippen molar-refractivity contribution in [3.63, 3.8) is 0 Å². The van der Waals surface area contributed by atoms with Gasteiger partial charge in [-0.1, -0.05) is 12.1 Å². The third-order valence-corrected chi connectivity index (χ3v) is 4.53. The van der Waals surface area contributed by atoms with E-state index in [4.69, 9.17) is 5.11 Å². The van der Waals surface area contributed by atoms with Crippen molar-refractivity contribution in [3.8, 4) is 0 Å². The van der Waals surface area contributed by atoms with Crippen LogP contribution in [0.2, 0.25) is 0 Å². The molecule has 0 aliphatic rings. The zero-order valence-corrected chi connectivity index (χ0v) is 12.4. The highest BCUT2D eigenvalue weighted by molar-refractivity contribution is 7.92. The Bertz CT molecular complexity index is 797. The predicted molar refractivity (Wildman–Crippen MR) is 80.1 cm³/mol. The molecule has 2 N–H and O–H groups in total. The van der Waals surface area contributed by atoms with Crippen LogP contribution in [-0.2, 0) is 10.0 Å². The standard InChI is InChI=1S/C15H15NO4S/c1-10-6-7-14(8-11(10)2)21(19,20)16-13-5-3-4-12(9-13)15(17)18/h3-9,16H,1-2H3,(H,17,18). The molecule has 2 aromatic rings. The van der Waals surface area contributed by atoms with Crippen molar-refractivity contribution >= 4 is 21.7 Å². The summed E-state index contributed by atoms with van der Waals surface area (Å²) in [6, 6.07) is 10.5. The number of benzene rings is 2. The summed E-state index contributed by atoms with van der Waals surface area (Å²) in [5.41, 5.74) is 2.11. The van der Waals surface area contributed by atoms with Gasteiger partial charge in [0.05, 0.1) is 10.5 Å². The van der Waals surface area contributed by atoms with E-state index in [1.165, 1.54) is 30.3 Å². The highest BCUT2D eigenvalue weighted by Crippen LogP contribution is 2.19. The number of aromatic carboxylic acids is 1. The quantitative estimate of drug-likeness (QED) is 0.909. The van der Waals surface area contributed by atoms with Gasteiger partial charge in [0, 0.05) is 5.69 Å². The molecule has 6 heteroatoms. The van der Waals surface area contributed by atoms with Crippen molar-refractivity contribution in [3.05, 3.63) is 59.2 Å². The monoisotopic (exact) mass is 305 g/mol. The molecule has 2 rings (SSSR count). The Kier molecular flexibility index (Phi) is 3.99. The summed E-state index contributed by atoms with van der Waals surface area (Å²) in [6.07, 6.45) is 0. The number of carbonyl (C=O) groups is 1. The van der Waals surface area contributed by atoms with Crippen LogP contribution < -0.4 is 4.72 Å². The van der Waals surface area contributed by atoms with E-state index in [0.717, 1.165) is 11.1 Å². The molecular formula is C15H15NO4S. The second kappa shape index (κ2) is 5.57. The van der Waals surface area contributed by atoms with Gasteiger partial charge in [0.2, 0.25) is 0 Å². The molecule has 0 saturated heterocycles. The second-order valence-electron chi connectivity index (χ2n) is 4.74. The molecule has 0 unspecified atom stereocenters. The molecule has 0 fully saturated rings.